The number of benzene rings is 2. The molecule has 0 aliphatic carbocycles. The highest BCUT2D eigenvalue weighted by Gasteiger charge is 2.35. The van der Waals surface area contributed by atoms with Crippen molar-refractivity contribution < 1.29 is 33.0 Å². The third kappa shape index (κ3) is 4.59. The number of hydrogen-bond donors (Lipinski definition) is 0. The quantitative estimate of drug-likeness (QED) is 0.467. The predicted molar refractivity (Wildman–Crippen MR) is 122 cm³/mol. The summed E-state index contributed by atoms with van der Waals surface area (Å²) in [4.78, 5) is 25.7. The number of rotatable bonds is 8. The monoisotopic (exact) mass is 464 g/mol. The summed E-state index contributed by atoms with van der Waals surface area (Å²) in [5.74, 6) is 0.725. The number of ether oxygens (including phenoxy) is 4. The molecule has 0 fully saturated rings. The van der Waals surface area contributed by atoms with Gasteiger partial charge in [0.1, 0.15) is 23.1 Å². The second-order valence-corrected chi connectivity index (χ2v) is 7.37. The lowest BCUT2D eigenvalue weighted by Gasteiger charge is -2.20. The van der Waals surface area contributed by atoms with Crippen LogP contribution >= 0.6 is 0 Å². The summed E-state index contributed by atoms with van der Waals surface area (Å²) in [5, 5.41) is 5.83. The first-order valence-corrected chi connectivity index (χ1v) is 10.5. The van der Waals surface area contributed by atoms with Gasteiger partial charge in [-0.05, 0) is 54.1 Å². The topological polar surface area (TPSA) is 99.8 Å². The Morgan fingerprint density at radius 1 is 1.00 bits per heavy atom. The van der Waals surface area contributed by atoms with E-state index in [9.17, 15) is 9.59 Å². The number of hydrogen-bond acceptors (Lipinski definition) is 8. The molecule has 9 nitrogen and oxygen atoms in total. The Hall–Kier alpha value is -4.27. The normalized spacial score (nSPS) is 15.0. The molecule has 0 radical (unpaired) electrons. The summed E-state index contributed by atoms with van der Waals surface area (Å²) in [5.41, 5.74) is 1.71. The molecule has 2 aromatic carbocycles. The molecule has 1 amide bonds. The molecule has 0 saturated heterocycles. The van der Waals surface area contributed by atoms with E-state index in [0.29, 0.717) is 23.6 Å². The molecule has 34 heavy (non-hydrogen) atoms. The lowest BCUT2D eigenvalue weighted by molar-refractivity contribution is -0.136. The summed E-state index contributed by atoms with van der Waals surface area (Å²) in [6, 6.07) is 15.3. The third-order valence-corrected chi connectivity index (χ3v) is 5.41. The van der Waals surface area contributed by atoms with Gasteiger partial charge in [-0.2, -0.15) is 5.10 Å². The molecule has 0 bridgehead atoms. The van der Waals surface area contributed by atoms with Gasteiger partial charge in [-0.25, -0.2) is 9.80 Å². The largest absolute Gasteiger partial charge is 0.497 e. The number of carbonyl (C=O) groups is 2. The van der Waals surface area contributed by atoms with E-state index in [-0.39, 0.29) is 11.3 Å². The average Bonchev–Trinajstić information content (AvgIpc) is 3.57. The van der Waals surface area contributed by atoms with Crippen LogP contribution in [-0.4, -0.2) is 50.5 Å². The van der Waals surface area contributed by atoms with Crippen LogP contribution in [0.4, 0.5) is 0 Å². The van der Waals surface area contributed by atoms with Crippen molar-refractivity contribution in [2.45, 2.75) is 12.5 Å². The summed E-state index contributed by atoms with van der Waals surface area (Å²) >= 11 is 0. The minimum Gasteiger partial charge on any atom is -0.497 e. The maximum absolute atomic E-state index is 13.1. The molecule has 2 heterocycles. The molecule has 0 spiro atoms. The smallest absolute Gasteiger partial charge is 0.342 e. The van der Waals surface area contributed by atoms with Crippen LogP contribution in [0, 0.1) is 0 Å². The van der Waals surface area contributed by atoms with Crippen molar-refractivity contribution in [2.24, 2.45) is 5.10 Å². The Kier molecular flexibility index (Phi) is 6.82. The number of esters is 1. The fraction of sp³-hybridized carbons (Fsp3) is 0.240. The zero-order valence-corrected chi connectivity index (χ0v) is 19.0. The molecule has 3 aromatic rings. The highest BCUT2D eigenvalue weighted by molar-refractivity contribution is 6.03. The maximum Gasteiger partial charge on any atom is 0.342 e. The van der Waals surface area contributed by atoms with E-state index in [0.717, 1.165) is 11.3 Å². The molecule has 1 aliphatic heterocycles. The molecule has 1 aliphatic rings. The Morgan fingerprint density at radius 3 is 2.44 bits per heavy atom. The van der Waals surface area contributed by atoms with Crippen LogP contribution in [0.15, 0.2) is 70.4 Å². The molecule has 1 atom stereocenters. The zero-order valence-electron chi connectivity index (χ0n) is 19.0. The van der Waals surface area contributed by atoms with Crippen molar-refractivity contribution in [2.75, 3.05) is 27.9 Å². The van der Waals surface area contributed by atoms with Gasteiger partial charge in [-0.15, -0.1) is 0 Å². The molecule has 0 saturated carbocycles. The van der Waals surface area contributed by atoms with Crippen molar-refractivity contribution in [1.29, 1.82) is 0 Å². The first-order valence-electron chi connectivity index (χ1n) is 10.5. The Bertz CT molecular complexity index is 1190. The van der Waals surface area contributed by atoms with Gasteiger partial charge < -0.3 is 23.4 Å². The molecule has 1 unspecified atom stereocenters. The molecule has 1 aromatic heterocycles. The summed E-state index contributed by atoms with van der Waals surface area (Å²) < 4.78 is 26.5. The zero-order chi connectivity index (χ0) is 24.1. The van der Waals surface area contributed by atoms with Crippen LogP contribution in [0.1, 0.15) is 34.1 Å². The molecular weight excluding hydrogens is 440 g/mol. The Morgan fingerprint density at radius 2 is 1.79 bits per heavy atom. The Labute approximate surface area is 196 Å². The maximum atomic E-state index is 13.1. The Balaban J connectivity index is 1.52. The average molecular weight is 464 g/mol. The molecule has 0 N–H and O–H groups in total. The summed E-state index contributed by atoms with van der Waals surface area (Å²) in [6.45, 7) is -0.504. The summed E-state index contributed by atoms with van der Waals surface area (Å²) in [7, 11) is 4.49. The fourth-order valence-corrected chi connectivity index (χ4v) is 3.72. The van der Waals surface area contributed by atoms with Gasteiger partial charge >= 0.3 is 5.97 Å². The molecule has 176 valence electrons. The lowest BCUT2D eigenvalue weighted by Crippen LogP contribution is -2.31. The third-order valence-electron chi connectivity index (χ3n) is 5.41. The first kappa shape index (κ1) is 22.9. The number of methoxy groups -OCH3 is 3. The number of hydrazone groups is 1. The van der Waals surface area contributed by atoms with Gasteiger partial charge in [0.05, 0.1) is 33.3 Å². The van der Waals surface area contributed by atoms with Crippen LogP contribution in [0.2, 0.25) is 0 Å². The van der Waals surface area contributed by atoms with Crippen molar-refractivity contribution in [3.8, 4) is 17.2 Å². The number of amides is 1. The standard InChI is InChI=1S/C25H24N2O7/c1-30-17-11-9-16(10-12-17)19-14-20(21-8-5-13-33-21)27(26-19)23(28)15-34-25(29)18-6-4-7-22(31-2)24(18)32-3/h4-13,20H,14-15H2,1-3H3. The predicted octanol–water partition coefficient (Wildman–Crippen LogP) is 3.84. The van der Waals surface area contributed by atoms with E-state index in [1.54, 1.807) is 37.6 Å². The fourth-order valence-electron chi connectivity index (χ4n) is 3.72. The second-order valence-electron chi connectivity index (χ2n) is 7.37. The molecular formula is C25H24N2O7. The van der Waals surface area contributed by atoms with Crippen LogP contribution in [0.25, 0.3) is 0 Å². The van der Waals surface area contributed by atoms with Crippen LogP contribution in [0.3, 0.4) is 0 Å². The van der Waals surface area contributed by atoms with Crippen LogP contribution in [0.5, 0.6) is 17.2 Å². The lowest BCUT2D eigenvalue weighted by atomic mass is 10.0. The second kappa shape index (κ2) is 10.1. The van der Waals surface area contributed by atoms with E-state index in [1.165, 1.54) is 25.3 Å². The summed E-state index contributed by atoms with van der Waals surface area (Å²) in [6.07, 6.45) is 1.99. The molecule has 9 heteroatoms. The molecule has 4 rings (SSSR count). The van der Waals surface area contributed by atoms with E-state index in [4.69, 9.17) is 23.4 Å². The highest BCUT2D eigenvalue weighted by atomic mass is 16.5. The minimum atomic E-state index is -0.711. The van der Waals surface area contributed by atoms with E-state index in [2.05, 4.69) is 5.10 Å². The van der Waals surface area contributed by atoms with Crippen molar-refractivity contribution in [1.82, 2.24) is 5.01 Å². The number of nitrogens with zero attached hydrogens (tertiary/aromatic N) is 2. The van der Waals surface area contributed by atoms with Gasteiger partial charge in [0.25, 0.3) is 5.91 Å². The van der Waals surface area contributed by atoms with Crippen LogP contribution in [-0.2, 0) is 9.53 Å². The van der Waals surface area contributed by atoms with E-state index in [1.807, 2.05) is 24.3 Å². The van der Waals surface area contributed by atoms with Gasteiger partial charge in [-0.1, -0.05) is 6.07 Å². The van der Waals surface area contributed by atoms with Crippen molar-refractivity contribution in [3.05, 3.63) is 77.7 Å². The van der Waals surface area contributed by atoms with Crippen LogP contribution < -0.4 is 14.2 Å². The van der Waals surface area contributed by atoms with Gasteiger partial charge in [0, 0.05) is 6.42 Å². The number of carbonyl (C=O) groups excluding carboxylic acids is 2. The highest BCUT2D eigenvalue weighted by Crippen LogP contribution is 2.34. The number of furan rings is 1. The van der Waals surface area contributed by atoms with E-state index < -0.39 is 24.5 Å². The first-order chi connectivity index (χ1) is 16.5. The van der Waals surface area contributed by atoms with Crippen molar-refractivity contribution in [3.63, 3.8) is 0 Å². The van der Waals surface area contributed by atoms with Gasteiger partial charge in [0.15, 0.2) is 18.1 Å². The SMILES string of the molecule is COc1ccc(C2=NN(C(=O)COC(=O)c3cccc(OC)c3OC)C(c3ccco3)C2)cc1. The van der Waals surface area contributed by atoms with E-state index >= 15 is 0 Å². The van der Waals surface area contributed by atoms with Gasteiger partial charge in [-0.3, -0.25) is 4.79 Å². The van der Waals surface area contributed by atoms with Crippen molar-refractivity contribution >= 4 is 17.6 Å². The number of para-hydroxylation sites is 1. The minimum absolute atomic E-state index is 0.154. The van der Waals surface area contributed by atoms with Gasteiger partial charge in [0.2, 0.25) is 0 Å².